The summed E-state index contributed by atoms with van der Waals surface area (Å²) < 4.78 is 24.1. The van der Waals surface area contributed by atoms with Crippen LogP contribution in [-0.2, 0) is 4.79 Å². The average Bonchev–Trinajstić information content (AvgIpc) is 3.24. The van der Waals surface area contributed by atoms with Crippen molar-refractivity contribution in [2.75, 3.05) is 19.7 Å². The van der Waals surface area contributed by atoms with E-state index in [4.69, 9.17) is 9.26 Å². The van der Waals surface area contributed by atoms with Crippen molar-refractivity contribution in [3.8, 4) is 17.1 Å². The van der Waals surface area contributed by atoms with Crippen molar-refractivity contribution < 1.29 is 18.4 Å². The number of carbonyl (C=O) groups is 1. The first-order valence-corrected chi connectivity index (χ1v) is 9.24. The Kier molecular flexibility index (Phi) is 5.32. The summed E-state index contributed by atoms with van der Waals surface area (Å²) in [6, 6.07) is 15.2. The summed E-state index contributed by atoms with van der Waals surface area (Å²) in [6.45, 7) is 1.20. The zero-order valence-electron chi connectivity index (χ0n) is 15.3. The summed E-state index contributed by atoms with van der Waals surface area (Å²) >= 11 is 0. The van der Waals surface area contributed by atoms with Crippen LogP contribution >= 0.6 is 0 Å². The van der Waals surface area contributed by atoms with Gasteiger partial charge in [0.2, 0.25) is 11.7 Å². The minimum atomic E-state index is -0.313. The number of ether oxygens (including phenoxy) is 1. The van der Waals surface area contributed by atoms with Gasteiger partial charge < -0.3 is 14.2 Å². The van der Waals surface area contributed by atoms with Gasteiger partial charge in [0.05, 0.1) is 5.92 Å². The predicted octanol–water partition coefficient (Wildman–Crippen LogP) is 3.66. The van der Waals surface area contributed by atoms with Gasteiger partial charge in [-0.2, -0.15) is 4.98 Å². The van der Waals surface area contributed by atoms with Crippen LogP contribution in [0.2, 0.25) is 0 Å². The number of aromatic nitrogens is 2. The van der Waals surface area contributed by atoms with Gasteiger partial charge in [-0.1, -0.05) is 23.4 Å². The number of likely N-dealkylation sites (tertiary alicyclic amines) is 1. The second-order valence-corrected chi connectivity index (χ2v) is 6.74. The number of nitrogens with zero attached hydrogens (tertiary/aromatic N) is 3. The van der Waals surface area contributed by atoms with E-state index in [-0.39, 0.29) is 24.2 Å². The Bertz CT molecular complexity index is 928. The molecule has 1 saturated heterocycles. The molecule has 0 N–H and O–H groups in total. The van der Waals surface area contributed by atoms with E-state index in [1.165, 1.54) is 12.1 Å². The van der Waals surface area contributed by atoms with E-state index in [2.05, 4.69) is 10.1 Å². The van der Waals surface area contributed by atoms with Crippen molar-refractivity contribution in [3.05, 3.63) is 66.3 Å². The second kappa shape index (κ2) is 8.21. The number of carbonyl (C=O) groups excluding carboxylic acids is 1. The number of para-hydroxylation sites is 1. The van der Waals surface area contributed by atoms with E-state index in [0.717, 1.165) is 12.8 Å². The molecule has 2 aromatic carbocycles. The maximum Gasteiger partial charge on any atom is 0.260 e. The SMILES string of the molecule is O=C(COc1ccccc1)N1CCCC(c2nc(-c3ccc(F)cc3)no2)C1. The first-order valence-electron chi connectivity index (χ1n) is 9.24. The van der Waals surface area contributed by atoms with Crippen molar-refractivity contribution in [2.24, 2.45) is 0 Å². The summed E-state index contributed by atoms with van der Waals surface area (Å²) in [7, 11) is 0. The Labute approximate surface area is 161 Å². The molecule has 6 nitrogen and oxygen atoms in total. The molecule has 7 heteroatoms. The van der Waals surface area contributed by atoms with Crippen molar-refractivity contribution in [3.63, 3.8) is 0 Å². The molecule has 1 amide bonds. The molecule has 28 heavy (non-hydrogen) atoms. The third kappa shape index (κ3) is 4.19. The fourth-order valence-electron chi connectivity index (χ4n) is 3.28. The molecule has 1 atom stereocenters. The number of rotatable bonds is 5. The van der Waals surface area contributed by atoms with Crippen molar-refractivity contribution in [1.29, 1.82) is 0 Å². The molecular weight excluding hydrogens is 361 g/mol. The first kappa shape index (κ1) is 18.2. The zero-order chi connectivity index (χ0) is 19.3. The van der Waals surface area contributed by atoms with Gasteiger partial charge in [0.25, 0.3) is 5.91 Å². The van der Waals surface area contributed by atoms with E-state index in [1.54, 1.807) is 17.0 Å². The number of benzene rings is 2. The minimum Gasteiger partial charge on any atom is -0.484 e. The Morgan fingerprint density at radius 1 is 1.18 bits per heavy atom. The molecule has 4 rings (SSSR count). The highest BCUT2D eigenvalue weighted by Gasteiger charge is 2.29. The first-order chi connectivity index (χ1) is 13.7. The van der Waals surface area contributed by atoms with Gasteiger partial charge in [0.15, 0.2) is 6.61 Å². The average molecular weight is 381 g/mol. The van der Waals surface area contributed by atoms with Crippen LogP contribution in [-0.4, -0.2) is 40.6 Å². The van der Waals surface area contributed by atoms with Crippen molar-refractivity contribution in [1.82, 2.24) is 15.0 Å². The monoisotopic (exact) mass is 381 g/mol. The highest BCUT2D eigenvalue weighted by Crippen LogP contribution is 2.27. The van der Waals surface area contributed by atoms with Gasteiger partial charge in [-0.3, -0.25) is 4.79 Å². The Balaban J connectivity index is 1.38. The normalized spacial score (nSPS) is 16.8. The van der Waals surface area contributed by atoms with E-state index in [1.807, 2.05) is 30.3 Å². The van der Waals surface area contributed by atoms with Gasteiger partial charge in [0.1, 0.15) is 11.6 Å². The van der Waals surface area contributed by atoms with Crippen LogP contribution in [0.15, 0.2) is 59.1 Å². The quantitative estimate of drug-likeness (QED) is 0.675. The topological polar surface area (TPSA) is 68.5 Å². The molecule has 0 aliphatic carbocycles. The predicted molar refractivity (Wildman–Crippen MR) is 100 cm³/mol. The van der Waals surface area contributed by atoms with Crippen LogP contribution in [0.1, 0.15) is 24.7 Å². The molecule has 2 heterocycles. The van der Waals surface area contributed by atoms with Gasteiger partial charge in [-0.05, 0) is 49.2 Å². The largest absolute Gasteiger partial charge is 0.484 e. The lowest BCUT2D eigenvalue weighted by Gasteiger charge is -2.30. The Morgan fingerprint density at radius 3 is 2.75 bits per heavy atom. The zero-order valence-corrected chi connectivity index (χ0v) is 15.3. The molecule has 1 aliphatic rings. The summed E-state index contributed by atoms with van der Waals surface area (Å²) in [5.74, 6) is 1.20. The number of hydrogen-bond donors (Lipinski definition) is 0. The van der Waals surface area contributed by atoms with Gasteiger partial charge >= 0.3 is 0 Å². The number of amides is 1. The van der Waals surface area contributed by atoms with Gasteiger partial charge in [0, 0.05) is 18.7 Å². The summed E-state index contributed by atoms with van der Waals surface area (Å²) in [6.07, 6.45) is 1.73. The van der Waals surface area contributed by atoms with E-state index in [9.17, 15) is 9.18 Å². The van der Waals surface area contributed by atoms with Crippen LogP contribution in [0.4, 0.5) is 4.39 Å². The van der Waals surface area contributed by atoms with Crippen LogP contribution in [0, 0.1) is 5.82 Å². The Hall–Kier alpha value is -3.22. The molecular formula is C21H20FN3O3. The highest BCUT2D eigenvalue weighted by atomic mass is 19.1. The van der Waals surface area contributed by atoms with Crippen molar-refractivity contribution in [2.45, 2.75) is 18.8 Å². The van der Waals surface area contributed by atoms with Crippen LogP contribution < -0.4 is 4.74 Å². The number of hydrogen-bond acceptors (Lipinski definition) is 5. The molecule has 0 saturated carbocycles. The lowest BCUT2D eigenvalue weighted by atomic mass is 9.98. The molecule has 144 valence electrons. The number of piperidine rings is 1. The second-order valence-electron chi connectivity index (χ2n) is 6.74. The maximum absolute atomic E-state index is 13.1. The smallest absolute Gasteiger partial charge is 0.260 e. The highest BCUT2D eigenvalue weighted by molar-refractivity contribution is 5.78. The molecule has 3 aromatic rings. The Morgan fingerprint density at radius 2 is 1.96 bits per heavy atom. The lowest BCUT2D eigenvalue weighted by molar-refractivity contribution is -0.134. The molecule has 1 aliphatic heterocycles. The molecule has 1 fully saturated rings. The van der Waals surface area contributed by atoms with Gasteiger partial charge in [-0.25, -0.2) is 4.39 Å². The van der Waals surface area contributed by atoms with Crippen molar-refractivity contribution >= 4 is 5.91 Å². The summed E-state index contributed by atoms with van der Waals surface area (Å²) in [5.41, 5.74) is 0.691. The van der Waals surface area contributed by atoms with Crippen LogP contribution in [0.5, 0.6) is 5.75 Å². The van der Waals surface area contributed by atoms with E-state index in [0.29, 0.717) is 36.1 Å². The fourth-order valence-corrected chi connectivity index (χ4v) is 3.28. The summed E-state index contributed by atoms with van der Waals surface area (Å²) in [4.78, 5) is 18.7. The van der Waals surface area contributed by atoms with Crippen LogP contribution in [0.25, 0.3) is 11.4 Å². The number of halogens is 1. The minimum absolute atomic E-state index is 0.00139. The lowest BCUT2D eigenvalue weighted by Crippen LogP contribution is -2.41. The third-order valence-electron chi connectivity index (χ3n) is 4.77. The maximum atomic E-state index is 13.1. The van der Waals surface area contributed by atoms with Crippen LogP contribution in [0.3, 0.4) is 0 Å². The molecule has 0 radical (unpaired) electrons. The fraction of sp³-hybridized carbons (Fsp3) is 0.286. The summed E-state index contributed by atoms with van der Waals surface area (Å²) in [5, 5.41) is 4.00. The van der Waals surface area contributed by atoms with Gasteiger partial charge in [-0.15, -0.1) is 0 Å². The molecule has 1 unspecified atom stereocenters. The standard InChI is InChI=1S/C21H20FN3O3/c22-17-10-8-15(9-11-17)20-23-21(28-24-20)16-5-4-12-25(13-16)19(26)14-27-18-6-2-1-3-7-18/h1-3,6-11,16H,4-5,12-14H2. The molecule has 0 bridgehead atoms. The van der Waals surface area contributed by atoms with E-state index < -0.39 is 0 Å². The molecule has 0 spiro atoms. The van der Waals surface area contributed by atoms with E-state index >= 15 is 0 Å². The third-order valence-corrected chi connectivity index (χ3v) is 4.77. The molecule has 1 aromatic heterocycles.